The first kappa shape index (κ1) is 17.9. The number of rotatable bonds is 2. The first-order valence-corrected chi connectivity index (χ1v) is 9.43. The molecule has 0 bridgehead atoms. The minimum absolute atomic E-state index is 0.0146. The Kier molecular flexibility index (Phi) is 5.06. The molecule has 3 fully saturated rings. The highest BCUT2D eigenvalue weighted by atomic mass is 16.3. The molecule has 3 aliphatic carbocycles. The molecule has 3 saturated carbocycles. The summed E-state index contributed by atoms with van der Waals surface area (Å²) in [6, 6.07) is 0. The van der Waals surface area contributed by atoms with Crippen molar-refractivity contribution in [2.75, 3.05) is 0 Å². The van der Waals surface area contributed by atoms with Gasteiger partial charge in [-0.1, -0.05) is 36.8 Å². The zero-order valence-corrected chi connectivity index (χ0v) is 15.0. The largest absolute Gasteiger partial charge is 0.393 e. The molecule has 0 heterocycles. The fourth-order valence-corrected chi connectivity index (χ4v) is 5.53. The van der Waals surface area contributed by atoms with Gasteiger partial charge in [0, 0.05) is 0 Å². The Morgan fingerprint density at radius 3 is 2.58 bits per heavy atom. The SMILES string of the molecule is C=C1CC[C@@H](O)C/C1=C/C=C1\C[C@@H](O)C[C@]2(C)[C@@H]([C@H](C)O)CC[C@@H]12. The van der Waals surface area contributed by atoms with Crippen molar-refractivity contribution in [3.63, 3.8) is 0 Å². The molecule has 3 heteroatoms. The van der Waals surface area contributed by atoms with E-state index in [0.717, 1.165) is 49.7 Å². The Balaban J connectivity index is 1.86. The van der Waals surface area contributed by atoms with Gasteiger partial charge in [-0.3, -0.25) is 0 Å². The van der Waals surface area contributed by atoms with Crippen LogP contribution in [0.1, 0.15) is 58.8 Å². The molecule has 0 aromatic carbocycles. The molecule has 3 N–H and O–H groups in total. The molecule has 0 unspecified atom stereocenters. The van der Waals surface area contributed by atoms with Gasteiger partial charge in [0.2, 0.25) is 0 Å². The first-order valence-electron chi connectivity index (χ1n) is 9.43. The molecule has 0 aromatic rings. The van der Waals surface area contributed by atoms with E-state index in [2.05, 4.69) is 25.7 Å². The number of allylic oxidation sites excluding steroid dienone is 3. The third kappa shape index (κ3) is 3.26. The van der Waals surface area contributed by atoms with Crippen molar-refractivity contribution in [3.05, 3.63) is 35.5 Å². The molecule has 3 rings (SSSR count). The van der Waals surface area contributed by atoms with Gasteiger partial charge in [-0.25, -0.2) is 0 Å². The summed E-state index contributed by atoms with van der Waals surface area (Å²) in [5, 5.41) is 30.5. The lowest BCUT2D eigenvalue weighted by Crippen LogP contribution is -2.42. The molecule has 0 amide bonds. The Hall–Kier alpha value is -0.900. The van der Waals surface area contributed by atoms with E-state index >= 15 is 0 Å². The van der Waals surface area contributed by atoms with E-state index < -0.39 is 0 Å². The van der Waals surface area contributed by atoms with Crippen molar-refractivity contribution in [2.24, 2.45) is 17.3 Å². The predicted octanol–water partition coefficient (Wildman–Crippen LogP) is 3.51. The summed E-state index contributed by atoms with van der Waals surface area (Å²) in [5.41, 5.74) is 3.57. The second kappa shape index (κ2) is 6.78. The van der Waals surface area contributed by atoms with Gasteiger partial charge in [0.1, 0.15) is 0 Å². The summed E-state index contributed by atoms with van der Waals surface area (Å²) in [4.78, 5) is 0. The van der Waals surface area contributed by atoms with Gasteiger partial charge < -0.3 is 15.3 Å². The Morgan fingerprint density at radius 2 is 1.88 bits per heavy atom. The zero-order chi connectivity index (χ0) is 17.5. The fraction of sp³-hybridized carbons (Fsp3) is 0.714. The van der Waals surface area contributed by atoms with Crippen molar-refractivity contribution in [1.29, 1.82) is 0 Å². The molecule has 0 spiro atoms. The molecular formula is C21H32O3. The maximum atomic E-state index is 10.4. The van der Waals surface area contributed by atoms with Crippen LogP contribution in [-0.2, 0) is 0 Å². The molecule has 134 valence electrons. The van der Waals surface area contributed by atoms with Crippen molar-refractivity contribution in [1.82, 2.24) is 0 Å². The summed E-state index contributed by atoms with van der Waals surface area (Å²) in [6.07, 6.45) is 9.39. The molecule has 6 atom stereocenters. The molecule has 0 aromatic heterocycles. The minimum Gasteiger partial charge on any atom is -0.393 e. The van der Waals surface area contributed by atoms with Gasteiger partial charge in [0.15, 0.2) is 0 Å². The standard InChI is InChI=1S/C21H32O3/c1-13-4-7-17(23)10-15(13)5-6-16-11-18(24)12-21(3)19(14(2)22)8-9-20(16)21/h5-6,14,17-20,22-24H,1,4,7-12H2,2-3H3/b15-5-,16-6+/t14-,17+,18+,19+,20-,21+/m0/s1. The first-order chi connectivity index (χ1) is 11.3. The minimum atomic E-state index is -0.324. The smallest absolute Gasteiger partial charge is 0.0583 e. The quantitative estimate of drug-likeness (QED) is 0.725. The van der Waals surface area contributed by atoms with E-state index in [4.69, 9.17) is 0 Å². The summed E-state index contributed by atoms with van der Waals surface area (Å²) < 4.78 is 0. The van der Waals surface area contributed by atoms with E-state index in [1.165, 1.54) is 5.57 Å². The van der Waals surface area contributed by atoms with Crippen LogP contribution in [0.25, 0.3) is 0 Å². The summed E-state index contributed by atoms with van der Waals surface area (Å²) in [6.45, 7) is 8.26. The lowest BCUT2D eigenvalue weighted by atomic mass is 9.61. The van der Waals surface area contributed by atoms with Crippen molar-refractivity contribution in [3.8, 4) is 0 Å². The van der Waals surface area contributed by atoms with E-state index in [0.29, 0.717) is 12.3 Å². The summed E-state index contributed by atoms with van der Waals surface area (Å²) in [5.74, 6) is 0.708. The number of aliphatic hydroxyl groups is 3. The van der Waals surface area contributed by atoms with E-state index in [1.54, 1.807) is 0 Å². The normalized spacial score (nSPS) is 44.8. The Bertz CT molecular complexity index is 559. The highest BCUT2D eigenvalue weighted by Crippen LogP contribution is 2.58. The Morgan fingerprint density at radius 1 is 1.12 bits per heavy atom. The van der Waals surface area contributed by atoms with Crippen LogP contribution in [0.4, 0.5) is 0 Å². The van der Waals surface area contributed by atoms with E-state index in [1.807, 2.05) is 6.92 Å². The maximum absolute atomic E-state index is 10.4. The van der Waals surface area contributed by atoms with Gasteiger partial charge in [0.05, 0.1) is 18.3 Å². The van der Waals surface area contributed by atoms with Crippen molar-refractivity contribution >= 4 is 0 Å². The fourth-order valence-electron chi connectivity index (χ4n) is 5.53. The molecule has 0 radical (unpaired) electrons. The maximum Gasteiger partial charge on any atom is 0.0583 e. The topological polar surface area (TPSA) is 60.7 Å². The third-order valence-corrected chi connectivity index (χ3v) is 6.77. The highest BCUT2D eigenvalue weighted by Gasteiger charge is 2.52. The van der Waals surface area contributed by atoms with Crippen LogP contribution < -0.4 is 0 Å². The predicted molar refractivity (Wildman–Crippen MR) is 96.4 cm³/mol. The monoisotopic (exact) mass is 332 g/mol. The van der Waals surface area contributed by atoms with E-state index in [-0.39, 0.29) is 29.6 Å². The van der Waals surface area contributed by atoms with Gasteiger partial charge in [0.25, 0.3) is 0 Å². The number of aliphatic hydroxyl groups excluding tert-OH is 3. The third-order valence-electron chi connectivity index (χ3n) is 6.77. The molecule has 0 saturated heterocycles. The highest BCUT2D eigenvalue weighted by molar-refractivity contribution is 5.36. The van der Waals surface area contributed by atoms with E-state index in [9.17, 15) is 15.3 Å². The molecule has 24 heavy (non-hydrogen) atoms. The molecular weight excluding hydrogens is 300 g/mol. The zero-order valence-electron chi connectivity index (χ0n) is 15.0. The molecule has 3 aliphatic rings. The average Bonchev–Trinajstić information content (AvgIpc) is 2.84. The lowest BCUT2D eigenvalue weighted by molar-refractivity contribution is -0.0110. The Labute approximate surface area is 145 Å². The second-order valence-corrected chi connectivity index (χ2v) is 8.48. The number of fused-ring (bicyclic) bond motifs is 1. The van der Waals surface area contributed by atoms with Gasteiger partial charge in [-0.05, 0) is 74.7 Å². The molecule has 0 aliphatic heterocycles. The van der Waals surface area contributed by atoms with Crippen LogP contribution in [0.15, 0.2) is 35.5 Å². The lowest BCUT2D eigenvalue weighted by Gasteiger charge is -2.45. The van der Waals surface area contributed by atoms with Crippen LogP contribution in [-0.4, -0.2) is 33.6 Å². The van der Waals surface area contributed by atoms with Crippen LogP contribution in [0.5, 0.6) is 0 Å². The average molecular weight is 332 g/mol. The summed E-state index contributed by atoms with van der Waals surface area (Å²) >= 11 is 0. The van der Waals surface area contributed by atoms with Crippen LogP contribution in [0.2, 0.25) is 0 Å². The van der Waals surface area contributed by atoms with Gasteiger partial charge >= 0.3 is 0 Å². The van der Waals surface area contributed by atoms with Gasteiger partial charge in [-0.15, -0.1) is 0 Å². The van der Waals surface area contributed by atoms with Crippen LogP contribution >= 0.6 is 0 Å². The van der Waals surface area contributed by atoms with Crippen LogP contribution in [0, 0.1) is 17.3 Å². The van der Waals surface area contributed by atoms with Crippen LogP contribution in [0.3, 0.4) is 0 Å². The second-order valence-electron chi connectivity index (χ2n) is 8.48. The number of hydrogen-bond donors (Lipinski definition) is 3. The van der Waals surface area contributed by atoms with Crippen molar-refractivity contribution < 1.29 is 15.3 Å². The number of hydrogen-bond acceptors (Lipinski definition) is 3. The van der Waals surface area contributed by atoms with Gasteiger partial charge in [-0.2, -0.15) is 0 Å². The molecule has 3 nitrogen and oxygen atoms in total. The van der Waals surface area contributed by atoms with Crippen molar-refractivity contribution in [2.45, 2.75) is 77.1 Å². The summed E-state index contributed by atoms with van der Waals surface area (Å²) in [7, 11) is 0.